The summed E-state index contributed by atoms with van der Waals surface area (Å²) in [5.41, 5.74) is 3.26. The Kier molecular flexibility index (Phi) is 6.65. The molecule has 7 nitrogen and oxygen atoms in total. The molecule has 33 heavy (non-hydrogen) atoms. The van der Waals surface area contributed by atoms with Crippen molar-refractivity contribution in [1.29, 1.82) is 5.41 Å². The smallest absolute Gasteiger partial charge is 0.283 e. The highest BCUT2D eigenvalue weighted by Crippen LogP contribution is 2.31. The molecule has 1 amide bonds. The predicted octanol–water partition coefficient (Wildman–Crippen LogP) is 5.04. The molecule has 0 atom stereocenters. The van der Waals surface area contributed by atoms with Gasteiger partial charge in [0.05, 0.1) is 5.57 Å². The number of aliphatic imine (C=N–C) groups is 1. The van der Waals surface area contributed by atoms with Crippen LogP contribution in [0.3, 0.4) is 0 Å². The first-order chi connectivity index (χ1) is 15.8. The van der Waals surface area contributed by atoms with Gasteiger partial charge in [-0.3, -0.25) is 10.2 Å². The molecule has 1 N–H and O–H groups in total. The van der Waals surface area contributed by atoms with Crippen LogP contribution in [0.15, 0.2) is 58.1 Å². The zero-order valence-corrected chi connectivity index (χ0v) is 19.9. The van der Waals surface area contributed by atoms with E-state index in [4.69, 9.17) is 14.9 Å². The number of benzene rings is 2. The molecule has 2 aliphatic rings. The number of aryl methyl sites for hydroxylation is 2. The number of amides is 1. The lowest BCUT2D eigenvalue weighted by Gasteiger charge is -2.20. The van der Waals surface area contributed by atoms with Gasteiger partial charge < -0.3 is 9.47 Å². The maximum atomic E-state index is 12.6. The Hall–Kier alpha value is -3.39. The van der Waals surface area contributed by atoms with Crippen molar-refractivity contribution in [2.45, 2.75) is 27.7 Å². The van der Waals surface area contributed by atoms with Crippen LogP contribution in [0.2, 0.25) is 0 Å². The van der Waals surface area contributed by atoms with Crippen molar-refractivity contribution in [1.82, 2.24) is 5.01 Å². The topological polar surface area (TPSA) is 87.3 Å². The second kappa shape index (κ2) is 9.62. The van der Waals surface area contributed by atoms with Crippen molar-refractivity contribution in [3.8, 4) is 11.5 Å². The fourth-order valence-electron chi connectivity index (χ4n) is 3.44. The van der Waals surface area contributed by atoms with Gasteiger partial charge in [0.1, 0.15) is 29.8 Å². The molecule has 8 heteroatoms. The quantitative estimate of drug-likeness (QED) is 0.460. The van der Waals surface area contributed by atoms with E-state index in [1.54, 1.807) is 6.08 Å². The first-order valence-electron chi connectivity index (χ1n) is 10.7. The Labute approximate surface area is 197 Å². The summed E-state index contributed by atoms with van der Waals surface area (Å²) in [5, 5.41) is 15.6. The molecule has 0 unspecified atom stereocenters. The molecule has 2 aromatic carbocycles. The SMILES string of the molecule is Cc1cc(C)cc(OCCOc2cccc(C=C3C(=N)N4N=C(C(C)C)SC4=NC3=O)c2)c1. The highest BCUT2D eigenvalue weighted by molar-refractivity contribution is 8.27. The molecule has 2 heterocycles. The number of hydrogen-bond donors (Lipinski definition) is 1. The van der Waals surface area contributed by atoms with Crippen molar-refractivity contribution >= 4 is 39.8 Å². The molecule has 0 saturated heterocycles. The van der Waals surface area contributed by atoms with E-state index in [-0.39, 0.29) is 17.3 Å². The third-order valence-electron chi connectivity index (χ3n) is 4.95. The number of fused-ring (bicyclic) bond motifs is 1. The Morgan fingerprint density at radius 3 is 2.45 bits per heavy atom. The van der Waals surface area contributed by atoms with Gasteiger partial charge in [0, 0.05) is 5.92 Å². The van der Waals surface area contributed by atoms with Crippen LogP contribution in [0.1, 0.15) is 30.5 Å². The Morgan fingerprint density at radius 2 is 1.76 bits per heavy atom. The summed E-state index contributed by atoms with van der Waals surface area (Å²) in [5.74, 6) is 1.27. The third kappa shape index (κ3) is 5.34. The fourth-order valence-corrected chi connectivity index (χ4v) is 4.33. The van der Waals surface area contributed by atoms with Crippen molar-refractivity contribution < 1.29 is 14.3 Å². The number of nitrogens with zero attached hydrogens (tertiary/aromatic N) is 3. The lowest BCUT2D eigenvalue weighted by molar-refractivity contribution is -0.114. The highest BCUT2D eigenvalue weighted by Gasteiger charge is 2.36. The molecule has 0 saturated carbocycles. The molecule has 4 rings (SSSR count). The van der Waals surface area contributed by atoms with Crippen molar-refractivity contribution in [2.75, 3.05) is 13.2 Å². The van der Waals surface area contributed by atoms with Crippen LogP contribution in [0.5, 0.6) is 11.5 Å². The maximum absolute atomic E-state index is 12.6. The number of nitrogens with one attached hydrogen (secondary N) is 1. The van der Waals surface area contributed by atoms with E-state index in [0.717, 1.165) is 27.5 Å². The van der Waals surface area contributed by atoms with Gasteiger partial charge >= 0.3 is 0 Å². The van der Waals surface area contributed by atoms with E-state index < -0.39 is 5.91 Å². The van der Waals surface area contributed by atoms with Crippen LogP contribution in [-0.4, -0.2) is 40.2 Å². The first kappa shape index (κ1) is 22.8. The molecule has 0 spiro atoms. The van der Waals surface area contributed by atoms with Gasteiger partial charge in [-0.05, 0) is 72.6 Å². The van der Waals surface area contributed by atoms with E-state index in [9.17, 15) is 4.79 Å². The zero-order valence-electron chi connectivity index (χ0n) is 19.1. The monoisotopic (exact) mass is 462 g/mol. The molecule has 0 aliphatic carbocycles. The first-order valence-corrected chi connectivity index (χ1v) is 11.6. The van der Waals surface area contributed by atoms with Crippen molar-refractivity contribution in [2.24, 2.45) is 16.0 Å². The standard InChI is InChI=1S/C25H26N4O3S/c1-15(2)24-28-29-22(26)21(23(30)27-25(29)33-24)14-18-6-5-7-19(13-18)31-8-9-32-20-11-16(3)10-17(4)12-20/h5-7,10-15,26H,8-9H2,1-4H3. The molecule has 0 radical (unpaired) electrons. The number of hydrogen-bond acceptors (Lipinski definition) is 6. The van der Waals surface area contributed by atoms with Crippen molar-refractivity contribution in [3.05, 3.63) is 64.7 Å². The minimum absolute atomic E-state index is 0.0290. The van der Waals surface area contributed by atoms with E-state index in [2.05, 4.69) is 16.2 Å². The van der Waals surface area contributed by atoms with Crippen LogP contribution in [0, 0.1) is 25.2 Å². The van der Waals surface area contributed by atoms with E-state index >= 15 is 0 Å². The Bertz CT molecular complexity index is 1180. The van der Waals surface area contributed by atoms with Crippen LogP contribution in [0.4, 0.5) is 0 Å². The lowest BCUT2D eigenvalue weighted by atomic mass is 10.1. The number of hydrazone groups is 1. The largest absolute Gasteiger partial charge is 0.490 e. The summed E-state index contributed by atoms with van der Waals surface area (Å²) in [6, 6.07) is 13.5. The van der Waals surface area contributed by atoms with E-state index in [1.807, 2.05) is 64.1 Å². The molecule has 2 aliphatic heterocycles. The summed E-state index contributed by atoms with van der Waals surface area (Å²) in [7, 11) is 0. The van der Waals surface area contributed by atoms with Crippen LogP contribution < -0.4 is 9.47 Å². The maximum Gasteiger partial charge on any atom is 0.283 e. The Balaban J connectivity index is 1.41. The molecule has 0 aromatic heterocycles. The number of carbonyl (C=O) groups excluding carboxylic acids is 1. The number of thioether (sulfide) groups is 1. The number of ether oxygens (including phenoxy) is 2. The van der Waals surface area contributed by atoms with Gasteiger partial charge in [-0.25, -0.2) is 0 Å². The molecule has 170 valence electrons. The van der Waals surface area contributed by atoms with Gasteiger partial charge in [0.2, 0.25) is 5.17 Å². The van der Waals surface area contributed by atoms with E-state index in [1.165, 1.54) is 16.8 Å². The van der Waals surface area contributed by atoms with Crippen LogP contribution >= 0.6 is 11.8 Å². The fraction of sp³-hybridized carbons (Fsp3) is 0.280. The third-order valence-corrected chi connectivity index (χ3v) is 6.16. The van der Waals surface area contributed by atoms with Gasteiger partial charge in [-0.15, -0.1) is 0 Å². The van der Waals surface area contributed by atoms with E-state index in [0.29, 0.717) is 24.1 Å². The minimum Gasteiger partial charge on any atom is -0.490 e. The summed E-state index contributed by atoms with van der Waals surface area (Å²) < 4.78 is 11.6. The summed E-state index contributed by atoms with van der Waals surface area (Å²) in [6.45, 7) is 8.91. The van der Waals surface area contributed by atoms with Gasteiger partial charge in [-0.2, -0.15) is 15.1 Å². The van der Waals surface area contributed by atoms with Crippen molar-refractivity contribution in [3.63, 3.8) is 0 Å². The van der Waals surface area contributed by atoms with Gasteiger partial charge in [0.25, 0.3) is 5.91 Å². The number of rotatable bonds is 7. The average molecular weight is 463 g/mol. The second-order valence-corrected chi connectivity index (χ2v) is 9.19. The van der Waals surface area contributed by atoms with Gasteiger partial charge in [0.15, 0.2) is 5.84 Å². The summed E-state index contributed by atoms with van der Waals surface area (Å²) in [6.07, 6.45) is 1.65. The second-order valence-electron chi connectivity index (χ2n) is 8.21. The average Bonchev–Trinajstić information content (AvgIpc) is 3.18. The molecular weight excluding hydrogens is 436 g/mol. The summed E-state index contributed by atoms with van der Waals surface area (Å²) >= 11 is 1.34. The molecular formula is C25H26N4O3S. The minimum atomic E-state index is -0.438. The van der Waals surface area contributed by atoms with Gasteiger partial charge in [-0.1, -0.05) is 32.0 Å². The number of amidine groups is 2. The van der Waals surface area contributed by atoms with Crippen LogP contribution in [-0.2, 0) is 4.79 Å². The molecule has 0 bridgehead atoms. The predicted molar refractivity (Wildman–Crippen MR) is 133 cm³/mol. The number of carbonyl (C=O) groups is 1. The zero-order chi connectivity index (χ0) is 23.5. The Morgan fingerprint density at radius 1 is 1.06 bits per heavy atom. The van der Waals surface area contributed by atoms with Crippen LogP contribution in [0.25, 0.3) is 6.08 Å². The highest BCUT2D eigenvalue weighted by atomic mass is 32.2. The normalized spacial score (nSPS) is 16.8. The lowest BCUT2D eigenvalue weighted by Crippen LogP contribution is -2.35. The summed E-state index contributed by atoms with van der Waals surface area (Å²) in [4.78, 5) is 16.7. The molecule has 2 aromatic rings. The molecule has 0 fully saturated rings.